The zero-order chi connectivity index (χ0) is 12.5. The molecule has 0 saturated heterocycles. The van der Waals surface area contributed by atoms with E-state index in [2.05, 4.69) is 4.98 Å². The molecule has 1 aromatic heterocycles. The number of aliphatic carboxylic acids is 1. The van der Waals surface area contributed by atoms with Gasteiger partial charge in [0.05, 0.1) is 12.5 Å². The Morgan fingerprint density at radius 2 is 2.47 bits per heavy atom. The Morgan fingerprint density at radius 1 is 1.65 bits per heavy atom. The normalized spacial score (nSPS) is 10.1. The second-order valence-electron chi connectivity index (χ2n) is 3.39. The molecule has 1 rings (SSSR count). The average molecular weight is 231 g/mol. The van der Waals surface area contributed by atoms with Crippen LogP contribution in [-0.4, -0.2) is 27.5 Å². The fourth-order valence-electron chi connectivity index (χ4n) is 1.30. The lowest BCUT2D eigenvalue weighted by atomic mass is 10.2. The smallest absolute Gasteiger partial charge is 0.329 e. The Morgan fingerprint density at radius 3 is 3.06 bits per heavy atom. The summed E-state index contributed by atoms with van der Waals surface area (Å²) in [6.45, 7) is 1.04. The molecule has 0 radical (unpaired) electrons. The number of rotatable bonds is 6. The van der Waals surface area contributed by atoms with Gasteiger partial charge in [-0.2, -0.15) is 5.26 Å². The third-order valence-corrected chi connectivity index (χ3v) is 2.05. The summed E-state index contributed by atoms with van der Waals surface area (Å²) in [5.41, 5.74) is 0.973. The zero-order valence-corrected chi connectivity index (χ0v) is 9.28. The second-order valence-corrected chi connectivity index (χ2v) is 3.39. The van der Waals surface area contributed by atoms with Crippen LogP contribution in [0.3, 0.4) is 0 Å². The highest BCUT2D eigenvalue weighted by Crippen LogP contribution is 2.04. The summed E-state index contributed by atoms with van der Waals surface area (Å²) >= 11 is 0. The minimum Gasteiger partial charge on any atom is -0.478 e. The van der Waals surface area contributed by atoms with Gasteiger partial charge < -0.3 is 10.0 Å². The highest BCUT2D eigenvalue weighted by atomic mass is 16.4. The minimum absolute atomic E-state index is 0.351. The molecule has 1 heterocycles. The van der Waals surface area contributed by atoms with Crippen LogP contribution in [0.15, 0.2) is 36.8 Å². The van der Waals surface area contributed by atoms with E-state index in [1.807, 2.05) is 18.2 Å². The van der Waals surface area contributed by atoms with Crippen molar-refractivity contribution >= 4 is 5.97 Å². The van der Waals surface area contributed by atoms with Crippen LogP contribution in [0.4, 0.5) is 0 Å². The standard InChI is InChI=1S/C12H13N3O2/c13-5-2-7-15(8-4-12(16)17)10-11-3-1-6-14-9-11/h1,3-4,6,8-9H,2,7,10H2,(H,16,17). The van der Waals surface area contributed by atoms with Gasteiger partial charge in [0.15, 0.2) is 0 Å². The Balaban J connectivity index is 2.63. The van der Waals surface area contributed by atoms with Gasteiger partial charge >= 0.3 is 5.97 Å². The van der Waals surface area contributed by atoms with Gasteiger partial charge in [-0.1, -0.05) is 6.07 Å². The molecule has 0 unspecified atom stereocenters. The number of carboxylic acids is 1. The van der Waals surface area contributed by atoms with Crippen LogP contribution < -0.4 is 0 Å². The number of carbonyl (C=O) groups is 1. The van der Waals surface area contributed by atoms with Crippen LogP contribution in [0.5, 0.6) is 0 Å². The molecule has 5 nitrogen and oxygen atoms in total. The van der Waals surface area contributed by atoms with Crippen molar-refractivity contribution in [2.24, 2.45) is 0 Å². The van der Waals surface area contributed by atoms with Crippen LogP contribution in [0, 0.1) is 11.3 Å². The molecule has 0 fully saturated rings. The lowest BCUT2D eigenvalue weighted by Gasteiger charge is -2.18. The third kappa shape index (κ3) is 5.33. The van der Waals surface area contributed by atoms with Crippen LogP contribution in [0.25, 0.3) is 0 Å². The van der Waals surface area contributed by atoms with Crippen molar-refractivity contribution in [1.82, 2.24) is 9.88 Å². The quantitative estimate of drug-likeness (QED) is 0.749. The summed E-state index contributed by atoms with van der Waals surface area (Å²) in [6.07, 6.45) is 6.29. The zero-order valence-electron chi connectivity index (χ0n) is 9.28. The summed E-state index contributed by atoms with van der Waals surface area (Å²) in [6, 6.07) is 5.75. The molecule has 5 heteroatoms. The minimum atomic E-state index is -1.00. The van der Waals surface area contributed by atoms with Crippen molar-refractivity contribution in [3.8, 4) is 6.07 Å². The van der Waals surface area contributed by atoms with Gasteiger partial charge in [0.25, 0.3) is 0 Å². The van der Waals surface area contributed by atoms with Crippen LogP contribution in [0.2, 0.25) is 0 Å². The number of hydrogen-bond acceptors (Lipinski definition) is 4. The first kappa shape index (κ1) is 12.7. The SMILES string of the molecule is N#CCCN(C=CC(=O)O)Cc1cccnc1. The molecule has 88 valence electrons. The number of pyridine rings is 1. The van der Waals surface area contributed by atoms with Gasteiger partial charge in [-0.05, 0) is 11.6 Å². The van der Waals surface area contributed by atoms with Crippen molar-refractivity contribution in [2.45, 2.75) is 13.0 Å². The molecule has 0 bridgehead atoms. The molecule has 17 heavy (non-hydrogen) atoms. The van der Waals surface area contributed by atoms with E-state index < -0.39 is 5.97 Å². The van der Waals surface area contributed by atoms with E-state index in [1.165, 1.54) is 6.20 Å². The first-order chi connectivity index (χ1) is 8.22. The van der Waals surface area contributed by atoms with Gasteiger partial charge in [0.2, 0.25) is 0 Å². The van der Waals surface area contributed by atoms with E-state index in [1.54, 1.807) is 17.3 Å². The van der Waals surface area contributed by atoms with E-state index in [0.717, 1.165) is 11.6 Å². The monoisotopic (exact) mass is 231 g/mol. The molecule has 0 aliphatic carbocycles. The van der Waals surface area contributed by atoms with Gasteiger partial charge in [-0.3, -0.25) is 4.98 Å². The van der Waals surface area contributed by atoms with Crippen LogP contribution in [-0.2, 0) is 11.3 Å². The largest absolute Gasteiger partial charge is 0.478 e. The highest BCUT2D eigenvalue weighted by molar-refractivity contribution is 5.79. The number of carboxylic acid groups (broad SMARTS) is 1. The number of aromatic nitrogens is 1. The molecule has 0 aromatic carbocycles. The first-order valence-electron chi connectivity index (χ1n) is 5.13. The summed E-state index contributed by atoms with van der Waals surface area (Å²) in [5.74, 6) is -1.00. The molecule has 0 amide bonds. The van der Waals surface area contributed by atoms with Crippen molar-refractivity contribution in [3.05, 3.63) is 42.4 Å². The lowest BCUT2D eigenvalue weighted by Crippen LogP contribution is -2.18. The second kappa shape index (κ2) is 7.01. The first-order valence-corrected chi connectivity index (χ1v) is 5.13. The maximum atomic E-state index is 10.4. The summed E-state index contributed by atoms with van der Waals surface area (Å²) < 4.78 is 0. The fraction of sp³-hybridized carbons (Fsp3) is 0.250. The molecular formula is C12H13N3O2. The molecule has 1 aromatic rings. The topological polar surface area (TPSA) is 77.2 Å². The molecule has 0 saturated carbocycles. The van der Waals surface area contributed by atoms with Crippen molar-refractivity contribution < 1.29 is 9.90 Å². The summed E-state index contributed by atoms with van der Waals surface area (Å²) in [7, 11) is 0. The summed E-state index contributed by atoms with van der Waals surface area (Å²) in [5, 5.41) is 17.1. The van der Waals surface area contributed by atoms with E-state index in [-0.39, 0.29) is 0 Å². The Labute approximate surface area is 99.6 Å². The molecule has 0 spiro atoms. The molecule has 1 N–H and O–H groups in total. The molecule has 0 atom stereocenters. The average Bonchev–Trinajstić information content (AvgIpc) is 2.34. The van der Waals surface area contributed by atoms with E-state index in [0.29, 0.717) is 19.5 Å². The molecular weight excluding hydrogens is 218 g/mol. The van der Waals surface area contributed by atoms with Gasteiger partial charge in [-0.15, -0.1) is 0 Å². The molecule has 0 aliphatic rings. The van der Waals surface area contributed by atoms with Crippen molar-refractivity contribution in [2.75, 3.05) is 6.54 Å². The van der Waals surface area contributed by atoms with E-state index >= 15 is 0 Å². The predicted molar refractivity (Wildman–Crippen MR) is 61.7 cm³/mol. The summed E-state index contributed by atoms with van der Waals surface area (Å²) in [4.78, 5) is 16.2. The number of hydrogen-bond donors (Lipinski definition) is 1. The lowest BCUT2D eigenvalue weighted by molar-refractivity contribution is -0.131. The van der Waals surface area contributed by atoms with Gasteiger partial charge in [0.1, 0.15) is 0 Å². The van der Waals surface area contributed by atoms with Gasteiger partial charge in [-0.25, -0.2) is 4.79 Å². The third-order valence-electron chi connectivity index (χ3n) is 2.05. The Bertz CT molecular complexity index is 423. The van der Waals surface area contributed by atoms with Crippen molar-refractivity contribution in [1.29, 1.82) is 5.26 Å². The Kier molecular flexibility index (Phi) is 5.25. The molecule has 0 aliphatic heterocycles. The fourth-order valence-corrected chi connectivity index (χ4v) is 1.30. The van der Waals surface area contributed by atoms with E-state index in [4.69, 9.17) is 10.4 Å². The highest BCUT2D eigenvalue weighted by Gasteiger charge is 2.01. The Hall–Kier alpha value is -2.35. The van der Waals surface area contributed by atoms with Gasteiger partial charge in [0, 0.05) is 37.8 Å². The number of nitriles is 1. The number of nitrogens with zero attached hydrogens (tertiary/aromatic N) is 3. The maximum absolute atomic E-state index is 10.4. The van der Waals surface area contributed by atoms with Crippen molar-refractivity contribution in [3.63, 3.8) is 0 Å². The van der Waals surface area contributed by atoms with E-state index in [9.17, 15) is 4.79 Å². The van der Waals surface area contributed by atoms with Crippen LogP contribution in [0.1, 0.15) is 12.0 Å². The van der Waals surface area contributed by atoms with Crippen LogP contribution >= 0.6 is 0 Å². The maximum Gasteiger partial charge on any atom is 0.329 e. The predicted octanol–water partition coefficient (Wildman–Crippen LogP) is 1.40.